The molecule has 0 aromatic rings. The number of nitrogens with one attached hydrogen (secondary N) is 3. The zero-order valence-electron chi connectivity index (χ0n) is 19.5. The van der Waals surface area contributed by atoms with E-state index < -0.39 is 54.5 Å². The van der Waals surface area contributed by atoms with Crippen molar-refractivity contribution < 1.29 is 29.4 Å². The topological polar surface area (TPSA) is 171 Å². The number of hydrogen-bond acceptors (Lipinski definition) is 6. The first-order valence-corrected chi connectivity index (χ1v) is 10.8. The standard InChI is InChI=1S/C21H40N4O6/c1-11(2)7-15(23-18(27)14(22)10-26)19(28)24-16(8-12(3)4)20(29)25-17(21(30)31)9-13(5)6/h11-17,26H,7-10,22H2,1-6H3,(H,23,27)(H,24,28)(H,25,29)(H,30,31). The molecule has 0 radical (unpaired) electrons. The van der Waals surface area contributed by atoms with Gasteiger partial charge in [0.1, 0.15) is 24.2 Å². The summed E-state index contributed by atoms with van der Waals surface area (Å²) in [6.07, 6.45) is 0.857. The number of aliphatic hydroxyl groups is 1. The van der Waals surface area contributed by atoms with E-state index in [0.29, 0.717) is 12.8 Å². The summed E-state index contributed by atoms with van der Waals surface area (Å²) < 4.78 is 0. The number of carbonyl (C=O) groups excluding carboxylic acids is 3. The Balaban J connectivity index is 5.46. The average molecular weight is 445 g/mol. The number of amides is 3. The molecule has 0 heterocycles. The van der Waals surface area contributed by atoms with E-state index in [2.05, 4.69) is 16.0 Å². The van der Waals surface area contributed by atoms with Crippen LogP contribution in [0.2, 0.25) is 0 Å². The van der Waals surface area contributed by atoms with Crippen molar-refractivity contribution in [2.75, 3.05) is 6.61 Å². The van der Waals surface area contributed by atoms with Gasteiger partial charge in [-0.05, 0) is 37.0 Å². The Kier molecular flexibility index (Phi) is 13.0. The second-order valence-corrected chi connectivity index (χ2v) is 9.20. The van der Waals surface area contributed by atoms with E-state index in [1.165, 1.54) is 0 Å². The van der Waals surface area contributed by atoms with Gasteiger partial charge in [0.2, 0.25) is 17.7 Å². The van der Waals surface area contributed by atoms with Gasteiger partial charge in [0.15, 0.2) is 0 Å². The minimum atomic E-state index is -1.16. The van der Waals surface area contributed by atoms with Crippen LogP contribution in [-0.4, -0.2) is 64.7 Å². The summed E-state index contributed by atoms with van der Waals surface area (Å²) in [5, 5.41) is 26.1. The van der Waals surface area contributed by atoms with Gasteiger partial charge in [-0.1, -0.05) is 41.5 Å². The van der Waals surface area contributed by atoms with Crippen LogP contribution >= 0.6 is 0 Å². The third-order valence-corrected chi connectivity index (χ3v) is 4.54. The Bertz CT molecular complexity index is 609. The Labute approximate surface area is 184 Å². The molecule has 7 N–H and O–H groups in total. The maximum Gasteiger partial charge on any atom is 0.326 e. The monoisotopic (exact) mass is 444 g/mol. The van der Waals surface area contributed by atoms with Crippen LogP contribution in [0.1, 0.15) is 60.8 Å². The first-order chi connectivity index (χ1) is 14.3. The van der Waals surface area contributed by atoms with Crippen molar-refractivity contribution in [3.63, 3.8) is 0 Å². The number of hydrogen-bond donors (Lipinski definition) is 6. The lowest BCUT2D eigenvalue weighted by Crippen LogP contribution is -2.58. The van der Waals surface area contributed by atoms with Crippen molar-refractivity contribution in [3.8, 4) is 0 Å². The van der Waals surface area contributed by atoms with Crippen LogP contribution in [-0.2, 0) is 19.2 Å². The number of aliphatic carboxylic acids is 1. The van der Waals surface area contributed by atoms with E-state index in [1.54, 1.807) is 0 Å². The SMILES string of the molecule is CC(C)CC(NC(=O)C(CC(C)C)NC(=O)C(CC(C)C)NC(=O)C(N)CO)C(=O)O. The van der Waals surface area contributed by atoms with Crippen molar-refractivity contribution in [2.45, 2.75) is 85.0 Å². The van der Waals surface area contributed by atoms with Gasteiger partial charge in [0.05, 0.1) is 6.61 Å². The van der Waals surface area contributed by atoms with Crippen molar-refractivity contribution in [1.82, 2.24) is 16.0 Å². The van der Waals surface area contributed by atoms with Crippen LogP contribution in [0.3, 0.4) is 0 Å². The molecule has 3 amide bonds. The third kappa shape index (κ3) is 11.7. The molecule has 180 valence electrons. The summed E-state index contributed by atoms with van der Waals surface area (Å²) in [6, 6.07) is -4.13. The highest BCUT2D eigenvalue weighted by Gasteiger charge is 2.31. The Morgan fingerprint density at radius 1 is 0.677 bits per heavy atom. The van der Waals surface area contributed by atoms with Crippen LogP contribution in [0.25, 0.3) is 0 Å². The maximum absolute atomic E-state index is 12.9. The molecule has 4 unspecified atom stereocenters. The van der Waals surface area contributed by atoms with Gasteiger partial charge >= 0.3 is 5.97 Å². The fourth-order valence-electron chi connectivity index (χ4n) is 3.01. The number of carbonyl (C=O) groups is 4. The molecule has 0 aliphatic carbocycles. The van der Waals surface area contributed by atoms with Gasteiger partial charge in [-0.25, -0.2) is 4.79 Å². The van der Waals surface area contributed by atoms with Gasteiger partial charge in [0.25, 0.3) is 0 Å². The number of carboxylic acid groups (broad SMARTS) is 1. The molecule has 31 heavy (non-hydrogen) atoms. The smallest absolute Gasteiger partial charge is 0.326 e. The highest BCUT2D eigenvalue weighted by Crippen LogP contribution is 2.11. The second kappa shape index (κ2) is 14.0. The molecule has 0 aliphatic heterocycles. The van der Waals surface area contributed by atoms with Gasteiger partial charge in [-0.2, -0.15) is 0 Å². The molecule has 0 spiro atoms. The largest absolute Gasteiger partial charge is 0.480 e. The van der Waals surface area contributed by atoms with Crippen molar-refractivity contribution >= 4 is 23.7 Å². The van der Waals surface area contributed by atoms with E-state index in [-0.39, 0.29) is 24.2 Å². The molecule has 0 rings (SSSR count). The predicted octanol–water partition coefficient (Wildman–Crippen LogP) is -0.0167. The minimum absolute atomic E-state index is 0.0466. The number of carboxylic acids is 1. The van der Waals surface area contributed by atoms with Crippen LogP contribution in [0.5, 0.6) is 0 Å². The molecule has 10 heteroatoms. The Hall–Kier alpha value is -2.20. The van der Waals surface area contributed by atoms with Crippen molar-refractivity contribution in [1.29, 1.82) is 0 Å². The van der Waals surface area contributed by atoms with E-state index in [0.717, 1.165) is 0 Å². The first-order valence-electron chi connectivity index (χ1n) is 10.8. The summed E-state index contributed by atoms with van der Waals surface area (Å²) in [5.74, 6) is -2.80. The van der Waals surface area contributed by atoms with Crippen LogP contribution < -0.4 is 21.7 Å². The molecular formula is C21H40N4O6. The predicted molar refractivity (Wildman–Crippen MR) is 117 cm³/mol. The molecule has 0 aliphatic rings. The first kappa shape index (κ1) is 28.8. The second-order valence-electron chi connectivity index (χ2n) is 9.20. The molecule has 0 aromatic carbocycles. The van der Waals surface area contributed by atoms with E-state index in [1.807, 2.05) is 41.5 Å². The zero-order chi connectivity index (χ0) is 24.3. The number of rotatable bonds is 14. The summed E-state index contributed by atoms with van der Waals surface area (Å²) in [4.78, 5) is 49.3. The lowest BCUT2D eigenvalue weighted by Gasteiger charge is -2.27. The molecule has 0 fully saturated rings. The van der Waals surface area contributed by atoms with Crippen LogP contribution in [0.4, 0.5) is 0 Å². The summed E-state index contributed by atoms with van der Waals surface area (Å²) in [7, 11) is 0. The van der Waals surface area contributed by atoms with Crippen LogP contribution in [0, 0.1) is 17.8 Å². The molecular weight excluding hydrogens is 404 g/mol. The van der Waals surface area contributed by atoms with Gasteiger partial charge in [-0.15, -0.1) is 0 Å². The van der Waals surface area contributed by atoms with Gasteiger partial charge < -0.3 is 31.9 Å². The molecule has 0 bridgehead atoms. The van der Waals surface area contributed by atoms with E-state index in [4.69, 9.17) is 10.8 Å². The van der Waals surface area contributed by atoms with E-state index >= 15 is 0 Å². The Morgan fingerprint density at radius 3 is 1.32 bits per heavy atom. The fraction of sp³-hybridized carbons (Fsp3) is 0.810. The number of nitrogens with two attached hydrogens (primary N) is 1. The van der Waals surface area contributed by atoms with Crippen LogP contribution in [0.15, 0.2) is 0 Å². The lowest BCUT2D eigenvalue weighted by molar-refractivity contribution is -0.143. The van der Waals surface area contributed by atoms with Gasteiger partial charge in [-0.3, -0.25) is 14.4 Å². The fourth-order valence-corrected chi connectivity index (χ4v) is 3.01. The molecule has 10 nitrogen and oxygen atoms in total. The summed E-state index contributed by atoms with van der Waals surface area (Å²) in [5.41, 5.74) is 5.52. The average Bonchev–Trinajstić information content (AvgIpc) is 2.64. The zero-order valence-corrected chi connectivity index (χ0v) is 19.5. The van der Waals surface area contributed by atoms with Crippen molar-refractivity contribution in [2.24, 2.45) is 23.5 Å². The van der Waals surface area contributed by atoms with Crippen molar-refractivity contribution in [3.05, 3.63) is 0 Å². The molecule has 0 aromatic heterocycles. The molecule has 0 saturated carbocycles. The molecule has 0 saturated heterocycles. The quantitative estimate of drug-likeness (QED) is 0.219. The third-order valence-electron chi connectivity index (χ3n) is 4.54. The molecule has 4 atom stereocenters. The lowest BCUT2D eigenvalue weighted by atomic mass is 9.99. The highest BCUT2D eigenvalue weighted by molar-refractivity contribution is 5.94. The highest BCUT2D eigenvalue weighted by atomic mass is 16.4. The summed E-state index contributed by atoms with van der Waals surface area (Å²) in [6.45, 7) is 10.6. The van der Waals surface area contributed by atoms with Gasteiger partial charge in [0, 0.05) is 0 Å². The number of aliphatic hydroxyl groups excluding tert-OH is 1. The Morgan fingerprint density at radius 2 is 1.00 bits per heavy atom. The van der Waals surface area contributed by atoms with E-state index in [9.17, 15) is 24.3 Å². The minimum Gasteiger partial charge on any atom is -0.480 e. The summed E-state index contributed by atoms with van der Waals surface area (Å²) >= 11 is 0. The maximum atomic E-state index is 12.9. The normalized spacial score (nSPS) is 15.3.